The van der Waals surface area contributed by atoms with Gasteiger partial charge in [-0.3, -0.25) is 4.90 Å². The summed E-state index contributed by atoms with van der Waals surface area (Å²) in [6, 6.07) is 11.6. The fraction of sp³-hybridized carbons (Fsp3) is 0.455. The summed E-state index contributed by atoms with van der Waals surface area (Å²) in [4.78, 5) is 4.44. The summed E-state index contributed by atoms with van der Waals surface area (Å²) in [5.74, 6) is 1.21. The normalized spacial score (nSPS) is 16.4. The minimum absolute atomic E-state index is 0.296. The second-order valence-corrected chi connectivity index (χ2v) is 7.39. The Morgan fingerprint density at radius 1 is 0.963 bits per heavy atom. The summed E-state index contributed by atoms with van der Waals surface area (Å²) in [7, 11) is 0. The van der Waals surface area contributed by atoms with Gasteiger partial charge < -0.3 is 19.8 Å². The second kappa shape index (κ2) is 8.63. The number of aliphatic hydroxyl groups is 1. The van der Waals surface area contributed by atoms with Gasteiger partial charge in [-0.1, -0.05) is 24.3 Å². The van der Waals surface area contributed by atoms with E-state index in [1.54, 1.807) is 6.07 Å². The number of phenols is 1. The average molecular weight is 370 g/mol. The van der Waals surface area contributed by atoms with Crippen molar-refractivity contribution in [1.82, 2.24) is 4.90 Å². The molecule has 5 heteroatoms. The Kier molecular flexibility index (Phi) is 6.24. The smallest absolute Gasteiger partial charge is 0.138 e. The van der Waals surface area contributed by atoms with E-state index in [0.29, 0.717) is 18.9 Å². The molecular formula is C22H30N2O3. The van der Waals surface area contributed by atoms with E-state index in [0.717, 1.165) is 48.7 Å². The number of benzene rings is 2. The first-order valence-corrected chi connectivity index (χ1v) is 9.58. The lowest BCUT2D eigenvalue weighted by Crippen LogP contribution is -2.49. The number of β-amino-alcohol motifs (C(OH)–C–C–N with tert-alkyl or cyclic N) is 1. The van der Waals surface area contributed by atoms with Gasteiger partial charge in [0.1, 0.15) is 24.2 Å². The Balaban J connectivity index is 1.48. The van der Waals surface area contributed by atoms with Gasteiger partial charge in [0.25, 0.3) is 0 Å². The Bertz CT molecular complexity index is 770. The van der Waals surface area contributed by atoms with Gasteiger partial charge in [0, 0.05) is 32.7 Å². The SMILES string of the molecule is Cc1ccc(C)c(OCC(O)CN2CCN(c3ccccc3O)CC2)c1C. The van der Waals surface area contributed by atoms with Gasteiger partial charge in [0.15, 0.2) is 0 Å². The maximum Gasteiger partial charge on any atom is 0.138 e. The number of para-hydroxylation sites is 2. The Labute approximate surface area is 161 Å². The maximum absolute atomic E-state index is 10.4. The number of aryl methyl sites for hydroxylation is 2. The monoisotopic (exact) mass is 370 g/mol. The van der Waals surface area contributed by atoms with E-state index < -0.39 is 6.10 Å². The van der Waals surface area contributed by atoms with E-state index in [1.807, 2.05) is 25.1 Å². The van der Waals surface area contributed by atoms with E-state index in [2.05, 4.69) is 35.8 Å². The number of nitrogens with zero attached hydrogens (tertiary/aromatic N) is 2. The van der Waals surface area contributed by atoms with Crippen molar-refractivity contribution in [3.63, 3.8) is 0 Å². The molecule has 1 aliphatic heterocycles. The summed E-state index contributed by atoms with van der Waals surface area (Å²) in [5.41, 5.74) is 4.32. The Hall–Kier alpha value is -2.24. The fourth-order valence-corrected chi connectivity index (χ4v) is 3.58. The predicted octanol–water partition coefficient (Wildman–Crippen LogP) is 2.88. The first kappa shape index (κ1) is 19.5. The molecule has 3 rings (SSSR count). The number of ether oxygens (including phenoxy) is 1. The molecule has 0 bridgehead atoms. The van der Waals surface area contributed by atoms with Crippen LogP contribution in [0.3, 0.4) is 0 Å². The maximum atomic E-state index is 10.4. The molecule has 2 aromatic rings. The molecule has 146 valence electrons. The van der Waals surface area contributed by atoms with Crippen molar-refractivity contribution in [1.29, 1.82) is 0 Å². The summed E-state index contributed by atoms with van der Waals surface area (Å²) in [6.45, 7) is 10.4. The number of rotatable bonds is 6. The van der Waals surface area contributed by atoms with Crippen LogP contribution in [-0.2, 0) is 0 Å². The molecule has 2 N–H and O–H groups in total. The standard InChI is InChI=1S/C22H30N2O3/c1-16-8-9-17(2)22(18(16)3)27-15-19(25)14-23-10-12-24(13-11-23)20-6-4-5-7-21(20)26/h4-9,19,25-26H,10-15H2,1-3H3. The molecule has 0 saturated carbocycles. The highest BCUT2D eigenvalue weighted by Crippen LogP contribution is 2.27. The Morgan fingerprint density at radius 2 is 1.63 bits per heavy atom. The third-order valence-corrected chi connectivity index (χ3v) is 5.36. The number of phenolic OH excluding ortho intramolecular Hbond substituents is 1. The highest BCUT2D eigenvalue weighted by Gasteiger charge is 2.21. The van der Waals surface area contributed by atoms with Gasteiger partial charge >= 0.3 is 0 Å². The molecule has 0 radical (unpaired) electrons. The quantitative estimate of drug-likeness (QED) is 0.819. The second-order valence-electron chi connectivity index (χ2n) is 7.39. The van der Waals surface area contributed by atoms with E-state index in [-0.39, 0.29) is 0 Å². The summed E-state index contributed by atoms with van der Waals surface area (Å²) in [6.07, 6.45) is -0.527. The van der Waals surface area contributed by atoms with Crippen LogP contribution < -0.4 is 9.64 Å². The van der Waals surface area contributed by atoms with E-state index in [4.69, 9.17) is 4.74 Å². The number of aromatic hydroxyl groups is 1. The van der Waals surface area contributed by atoms with E-state index in [1.165, 1.54) is 5.56 Å². The van der Waals surface area contributed by atoms with Crippen molar-refractivity contribution < 1.29 is 14.9 Å². The van der Waals surface area contributed by atoms with Crippen LogP contribution >= 0.6 is 0 Å². The number of aliphatic hydroxyl groups excluding tert-OH is 1. The zero-order valence-electron chi connectivity index (χ0n) is 16.5. The molecule has 1 saturated heterocycles. The van der Waals surface area contributed by atoms with Crippen LogP contribution in [-0.4, -0.2) is 60.5 Å². The van der Waals surface area contributed by atoms with Gasteiger partial charge in [-0.05, 0) is 49.6 Å². The third kappa shape index (κ3) is 4.73. The van der Waals surface area contributed by atoms with Crippen molar-refractivity contribution in [3.8, 4) is 11.5 Å². The van der Waals surface area contributed by atoms with Gasteiger partial charge in [-0.2, -0.15) is 0 Å². The molecule has 0 spiro atoms. The van der Waals surface area contributed by atoms with Crippen LogP contribution in [0, 0.1) is 20.8 Å². The molecule has 0 amide bonds. The lowest BCUT2D eigenvalue weighted by Gasteiger charge is -2.37. The molecule has 0 aliphatic carbocycles. The minimum Gasteiger partial charge on any atom is -0.506 e. The number of hydrogen-bond acceptors (Lipinski definition) is 5. The molecule has 1 unspecified atom stereocenters. The van der Waals surface area contributed by atoms with Crippen molar-refractivity contribution in [3.05, 3.63) is 53.1 Å². The van der Waals surface area contributed by atoms with Crippen molar-refractivity contribution in [2.45, 2.75) is 26.9 Å². The largest absolute Gasteiger partial charge is 0.506 e. The van der Waals surface area contributed by atoms with Crippen LogP contribution in [0.5, 0.6) is 11.5 Å². The molecule has 0 aromatic heterocycles. The molecule has 2 aromatic carbocycles. The minimum atomic E-state index is -0.527. The van der Waals surface area contributed by atoms with Crippen molar-refractivity contribution in [2.24, 2.45) is 0 Å². The molecule has 27 heavy (non-hydrogen) atoms. The van der Waals surface area contributed by atoms with Gasteiger partial charge in [0.05, 0.1) is 5.69 Å². The average Bonchev–Trinajstić information content (AvgIpc) is 2.66. The van der Waals surface area contributed by atoms with Crippen molar-refractivity contribution >= 4 is 5.69 Å². The first-order chi connectivity index (χ1) is 13.0. The Morgan fingerprint density at radius 3 is 2.33 bits per heavy atom. The van der Waals surface area contributed by atoms with E-state index in [9.17, 15) is 10.2 Å². The lowest BCUT2D eigenvalue weighted by molar-refractivity contribution is 0.0658. The van der Waals surface area contributed by atoms with Crippen LogP contribution in [0.2, 0.25) is 0 Å². The zero-order chi connectivity index (χ0) is 19.4. The van der Waals surface area contributed by atoms with Crippen LogP contribution in [0.4, 0.5) is 5.69 Å². The molecule has 1 aliphatic rings. The molecular weight excluding hydrogens is 340 g/mol. The molecule has 1 atom stereocenters. The molecule has 5 nitrogen and oxygen atoms in total. The van der Waals surface area contributed by atoms with Gasteiger partial charge in [-0.15, -0.1) is 0 Å². The van der Waals surface area contributed by atoms with Crippen molar-refractivity contribution in [2.75, 3.05) is 44.2 Å². The molecule has 1 fully saturated rings. The third-order valence-electron chi connectivity index (χ3n) is 5.36. The molecule has 1 heterocycles. The highest BCUT2D eigenvalue weighted by molar-refractivity contribution is 5.57. The van der Waals surface area contributed by atoms with Crippen LogP contribution in [0.25, 0.3) is 0 Å². The van der Waals surface area contributed by atoms with Crippen LogP contribution in [0.1, 0.15) is 16.7 Å². The number of piperazine rings is 1. The topological polar surface area (TPSA) is 56.2 Å². The zero-order valence-corrected chi connectivity index (χ0v) is 16.5. The lowest BCUT2D eigenvalue weighted by atomic mass is 10.1. The predicted molar refractivity (Wildman–Crippen MR) is 109 cm³/mol. The first-order valence-electron chi connectivity index (χ1n) is 9.58. The summed E-state index contributed by atoms with van der Waals surface area (Å²) < 4.78 is 5.94. The summed E-state index contributed by atoms with van der Waals surface area (Å²) in [5, 5.41) is 20.4. The van der Waals surface area contributed by atoms with Crippen LogP contribution in [0.15, 0.2) is 36.4 Å². The summed E-state index contributed by atoms with van der Waals surface area (Å²) >= 11 is 0. The number of hydrogen-bond donors (Lipinski definition) is 2. The van der Waals surface area contributed by atoms with Gasteiger partial charge in [0.2, 0.25) is 0 Å². The highest BCUT2D eigenvalue weighted by atomic mass is 16.5. The van der Waals surface area contributed by atoms with E-state index >= 15 is 0 Å². The number of anilines is 1. The van der Waals surface area contributed by atoms with Gasteiger partial charge in [-0.25, -0.2) is 0 Å². The fourth-order valence-electron chi connectivity index (χ4n) is 3.58.